The number of carbonyl (C=O) groups is 1. The first-order valence-electron chi connectivity index (χ1n) is 11.5. The molecule has 2 aromatic carbocycles. The van der Waals surface area contributed by atoms with E-state index in [1.54, 1.807) is 56.3 Å². The molecule has 190 valence electrons. The second kappa shape index (κ2) is 12.4. The summed E-state index contributed by atoms with van der Waals surface area (Å²) in [7, 11) is -3.88. The molecule has 3 aromatic rings. The highest BCUT2D eigenvalue weighted by Crippen LogP contribution is 2.17. The molecule has 9 nitrogen and oxygen atoms in total. The first-order valence-corrected chi connectivity index (χ1v) is 13.4. The van der Waals surface area contributed by atoms with Crippen molar-refractivity contribution in [2.75, 3.05) is 16.6 Å². The number of aryl methyl sites for hydroxylation is 2. The van der Waals surface area contributed by atoms with Gasteiger partial charge in [-0.1, -0.05) is 19.8 Å². The Morgan fingerprint density at radius 3 is 2.22 bits per heavy atom. The van der Waals surface area contributed by atoms with Crippen LogP contribution in [-0.4, -0.2) is 36.0 Å². The molecule has 0 unspecified atom stereocenters. The number of aromatic nitrogens is 2. The van der Waals surface area contributed by atoms with E-state index in [1.165, 1.54) is 12.1 Å². The molecule has 1 heterocycles. The molecule has 0 saturated carbocycles. The Hall–Kier alpha value is -3.57. The summed E-state index contributed by atoms with van der Waals surface area (Å²) in [6, 6.07) is 14.5. The highest BCUT2D eigenvalue weighted by molar-refractivity contribution is 7.92. The van der Waals surface area contributed by atoms with Gasteiger partial charge in [0.05, 0.1) is 11.5 Å². The van der Waals surface area contributed by atoms with Crippen molar-refractivity contribution in [1.82, 2.24) is 15.3 Å². The number of rotatable bonds is 10. The second-order valence-corrected chi connectivity index (χ2v) is 10.2. The van der Waals surface area contributed by atoms with Gasteiger partial charge in [-0.2, -0.15) is 0 Å². The molecule has 1 amide bonds. The highest BCUT2D eigenvalue weighted by Gasteiger charge is 2.16. The lowest BCUT2D eigenvalue weighted by Gasteiger charge is -2.11. The lowest BCUT2D eigenvalue weighted by atomic mass is 10.2. The molecule has 0 atom stereocenters. The van der Waals surface area contributed by atoms with Crippen LogP contribution in [0.3, 0.4) is 0 Å². The van der Waals surface area contributed by atoms with Crippen molar-refractivity contribution in [1.29, 1.82) is 0 Å². The van der Waals surface area contributed by atoms with Crippen LogP contribution in [0.25, 0.3) is 0 Å². The number of thiocarbonyl (C=S) groups is 1. The zero-order valence-corrected chi connectivity index (χ0v) is 22.0. The van der Waals surface area contributed by atoms with Crippen molar-refractivity contribution in [2.24, 2.45) is 0 Å². The maximum absolute atomic E-state index is 12.7. The van der Waals surface area contributed by atoms with E-state index in [-0.39, 0.29) is 21.9 Å². The summed E-state index contributed by atoms with van der Waals surface area (Å²) >= 11 is 5.22. The summed E-state index contributed by atoms with van der Waals surface area (Å²) in [5.41, 5.74) is 2.25. The summed E-state index contributed by atoms with van der Waals surface area (Å²) in [6.07, 6.45) is 3.23. The molecular formula is C25H29N5O4S2. The molecule has 0 spiro atoms. The third-order valence-electron chi connectivity index (χ3n) is 4.99. The van der Waals surface area contributed by atoms with Crippen LogP contribution in [0.4, 0.5) is 11.6 Å². The molecule has 1 aromatic heterocycles. The van der Waals surface area contributed by atoms with Crippen LogP contribution >= 0.6 is 12.2 Å². The van der Waals surface area contributed by atoms with Crippen molar-refractivity contribution in [2.45, 2.75) is 44.9 Å². The molecule has 0 fully saturated rings. The molecule has 0 aliphatic heterocycles. The minimum absolute atomic E-state index is 0.00896. The SMILES string of the molecule is CCCCCOc1ccc(C(=O)NC(=S)Nc2ccc(S(=O)(=O)Nc3nc(C)cc(C)n3)cc2)cc1. The van der Waals surface area contributed by atoms with Crippen molar-refractivity contribution in [3.05, 3.63) is 71.5 Å². The first-order chi connectivity index (χ1) is 17.2. The number of benzene rings is 2. The highest BCUT2D eigenvalue weighted by atomic mass is 32.2. The van der Waals surface area contributed by atoms with Crippen LogP contribution in [0.5, 0.6) is 5.75 Å². The normalized spacial score (nSPS) is 11.0. The van der Waals surface area contributed by atoms with Gasteiger partial charge in [0.25, 0.3) is 15.9 Å². The van der Waals surface area contributed by atoms with E-state index in [2.05, 4.69) is 32.2 Å². The maximum atomic E-state index is 12.7. The number of unbranched alkanes of at least 4 members (excludes halogenated alkanes) is 2. The van der Waals surface area contributed by atoms with Gasteiger partial charge >= 0.3 is 0 Å². The van der Waals surface area contributed by atoms with Gasteiger partial charge in [0.1, 0.15) is 5.75 Å². The van der Waals surface area contributed by atoms with Crippen LogP contribution < -0.4 is 20.1 Å². The average Bonchev–Trinajstić information content (AvgIpc) is 2.81. The molecule has 11 heteroatoms. The number of ether oxygens (including phenoxy) is 1. The fourth-order valence-electron chi connectivity index (χ4n) is 3.25. The monoisotopic (exact) mass is 527 g/mol. The summed E-state index contributed by atoms with van der Waals surface area (Å²) in [4.78, 5) is 20.7. The molecule has 36 heavy (non-hydrogen) atoms. The van der Waals surface area contributed by atoms with Crippen molar-refractivity contribution in [3.8, 4) is 5.75 Å². The topological polar surface area (TPSA) is 122 Å². The molecule has 0 aliphatic rings. The summed E-state index contributed by atoms with van der Waals surface area (Å²) in [5.74, 6) is 0.341. The molecule has 0 saturated heterocycles. The van der Waals surface area contributed by atoms with Gasteiger partial charge in [0.15, 0.2) is 5.11 Å². The van der Waals surface area contributed by atoms with E-state index in [4.69, 9.17) is 17.0 Å². The number of nitrogens with zero attached hydrogens (tertiary/aromatic N) is 2. The number of sulfonamides is 1. The fraction of sp³-hybridized carbons (Fsp3) is 0.280. The Bertz CT molecular complexity index is 1290. The van der Waals surface area contributed by atoms with Crippen molar-refractivity contribution >= 4 is 44.9 Å². The number of hydrogen-bond acceptors (Lipinski definition) is 7. The Labute approximate surface area is 216 Å². The van der Waals surface area contributed by atoms with E-state index < -0.39 is 10.0 Å². The quantitative estimate of drug-likeness (QED) is 0.258. The van der Waals surface area contributed by atoms with E-state index in [0.29, 0.717) is 35.0 Å². The van der Waals surface area contributed by atoms with E-state index >= 15 is 0 Å². The zero-order chi connectivity index (χ0) is 26.1. The summed E-state index contributed by atoms with van der Waals surface area (Å²) in [5, 5.41) is 5.56. The third kappa shape index (κ3) is 7.99. The molecule has 3 rings (SSSR count). The van der Waals surface area contributed by atoms with Gasteiger partial charge in [0, 0.05) is 22.6 Å². The maximum Gasteiger partial charge on any atom is 0.264 e. The van der Waals surface area contributed by atoms with Gasteiger partial charge in [-0.25, -0.2) is 23.1 Å². The summed E-state index contributed by atoms with van der Waals surface area (Å²) in [6.45, 7) is 6.29. The molecular weight excluding hydrogens is 498 g/mol. The average molecular weight is 528 g/mol. The Morgan fingerprint density at radius 1 is 0.972 bits per heavy atom. The van der Waals surface area contributed by atoms with Crippen LogP contribution in [0.1, 0.15) is 47.9 Å². The van der Waals surface area contributed by atoms with Crippen molar-refractivity contribution in [3.63, 3.8) is 0 Å². The van der Waals surface area contributed by atoms with Crippen LogP contribution in [0, 0.1) is 13.8 Å². The third-order valence-corrected chi connectivity index (χ3v) is 6.54. The predicted octanol–water partition coefficient (Wildman–Crippen LogP) is 4.59. The molecule has 0 bridgehead atoms. The van der Waals surface area contributed by atoms with E-state index in [9.17, 15) is 13.2 Å². The lowest BCUT2D eigenvalue weighted by Crippen LogP contribution is -2.34. The lowest BCUT2D eigenvalue weighted by molar-refractivity contribution is 0.0977. The standard InChI is InChI=1S/C25H29N5O4S2/c1-4-5-6-15-34-21-11-7-19(8-12-21)23(31)29-25(35)28-20-9-13-22(14-10-20)36(32,33)30-24-26-17(2)16-18(3)27-24/h7-14,16H,4-6,15H2,1-3H3,(H,26,27,30)(H2,28,29,31,35). The zero-order valence-electron chi connectivity index (χ0n) is 20.4. The fourth-order valence-corrected chi connectivity index (χ4v) is 4.40. The number of anilines is 2. The van der Waals surface area contributed by atoms with E-state index in [1.807, 2.05) is 0 Å². The first kappa shape index (κ1) is 27.0. The number of hydrogen-bond donors (Lipinski definition) is 3. The van der Waals surface area contributed by atoms with Crippen LogP contribution in [0.2, 0.25) is 0 Å². The van der Waals surface area contributed by atoms with Gasteiger partial charge < -0.3 is 10.1 Å². The van der Waals surface area contributed by atoms with Gasteiger partial charge in [-0.3, -0.25) is 10.1 Å². The number of carbonyl (C=O) groups excluding carboxylic acids is 1. The molecule has 0 aliphatic carbocycles. The largest absolute Gasteiger partial charge is 0.494 e. The Kier molecular flexibility index (Phi) is 9.31. The summed E-state index contributed by atoms with van der Waals surface area (Å²) < 4.78 is 33.4. The smallest absolute Gasteiger partial charge is 0.264 e. The Morgan fingerprint density at radius 2 is 1.61 bits per heavy atom. The number of nitrogens with one attached hydrogen (secondary N) is 3. The van der Waals surface area contributed by atoms with Crippen LogP contribution in [0.15, 0.2) is 59.5 Å². The minimum atomic E-state index is -3.88. The second-order valence-electron chi connectivity index (χ2n) is 8.09. The Balaban J connectivity index is 1.54. The predicted molar refractivity (Wildman–Crippen MR) is 144 cm³/mol. The van der Waals surface area contributed by atoms with Gasteiger partial charge in [0.2, 0.25) is 5.95 Å². The molecule has 3 N–H and O–H groups in total. The van der Waals surface area contributed by atoms with Gasteiger partial charge in [-0.05, 0) is 87.1 Å². The number of amides is 1. The molecule has 0 radical (unpaired) electrons. The van der Waals surface area contributed by atoms with Gasteiger partial charge in [-0.15, -0.1) is 0 Å². The van der Waals surface area contributed by atoms with Crippen LogP contribution in [-0.2, 0) is 10.0 Å². The van der Waals surface area contributed by atoms with E-state index in [0.717, 1.165) is 19.3 Å². The minimum Gasteiger partial charge on any atom is -0.494 e. The van der Waals surface area contributed by atoms with Crippen molar-refractivity contribution < 1.29 is 17.9 Å².